The highest BCUT2D eigenvalue weighted by atomic mass is 15.0. The van der Waals surface area contributed by atoms with E-state index in [-0.39, 0.29) is 5.95 Å². The Morgan fingerprint density at radius 2 is 1.79 bits per heavy atom. The van der Waals surface area contributed by atoms with E-state index < -0.39 is 0 Å². The molecule has 144 valence electrons. The van der Waals surface area contributed by atoms with E-state index in [2.05, 4.69) is 77.9 Å². The number of nitrogens with zero attached hydrogens (tertiary/aromatic N) is 3. The highest BCUT2D eigenvalue weighted by molar-refractivity contribution is 6.11. The molecule has 5 nitrogen and oxygen atoms in total. The Labute approximate surface area is 165 Å². The molecule has 28 heavy (non-hydrogen) atoms. The fourth-order valence-corrected chi connectivity index (χ4v) is 3.89. The molecule has 2 heterocycles. The maximum atomic E-state index is 6.25. The maximum Gasteiger partial charge on any atom is 0.222 e. The van der Waals surface area contributed by atoms with Crippen molar-refractivity contribution in [2.75, 3.05) is 11.5 Å². The molecule has 0 unspecified atom stereocenters. The highest BCUT2D eigenvalue weighted by Crippen LogP contribution is 2.33. The second-order valence-corrected chi connectivity index (χ2v) is 7.75. The van der Waals surface area contributed by atoms with Gasteiger partial charge in [0.2, 0.25) is 5.95 Å². The number of nitrogens with two attached hydrogens (primary N) is 2. The predicted octanol–water partition coefficient (Wildman–Crippen LogP) is 4.87. The topological polar surface area (TPSA) is 82.8 Å². The summed E-state index contributed by atoms with van der Waals surface area (Å²) < 4.78 is 2.27. The molecule has 4 rings (SSSR count). The van der Waals surface area contributed by atoms with Crippen LogP contribution in [-0.4, -0.2) is 14.5 Å². The first kappa shape index (κ1) is 18.3. The Morgan fingerprint density at radius 3 is 2.46 bits per heavy atom. The predicted molar refractivity (Wildman–Crippen MR) is 117 cm³/mol. The Morgan fingerprint density at radius 1 is 1.04 bits per heavy atom. The molecule has 4 N–H and O–H groups in total. The van der Waals surface area contributed by atoms with Crippen LogP contribution < -0.4 is 11.5 Å². The van der Waals surface area contributed by atoms with Crippen molar-refractivity contribution in [1.82, 2.24) is 14.5 Å². The molecular weight excluding hydrogens is 346 g/mol. The van der Waals surface area contributed by atoms with E-state index in [1.54, 1.807) is 0 Å². The Balaban J connectivity index is 1.84. The summed E-state index contributed by atoms with van der Waals surface area (Å²) in [5.41, 5.74) is 18.0. The molecule has 0 bridgehead atoms. The number of aryl methyl sites for hydroxylation is 1. The molecule has 0 aliphatic carbocycles. The summed E-state index contributed by atoms with van der Waals surface area (Å²) in [5, 5.41) is 1.98. The quantitative estimate of drug-likeness (QED) is 0.523. The number of aromatic nitrogens is 3. The van der Waals surface area contributed by atoms with Crippen LogP contribution in [0.25, 0.3) is 21.8 Å². The van der Waals surface area contributed by atoms with E-state index >= 15 is 0 Å². The standard InChI is InChI=1S/C23H27N5/c1-4-5-17-12-19-18(20-21(17)26-23(25)27-22(20)24)10-11-28(19)13-15-6-8-16(9-7-15)14(2)3/h6-12,14H,4-5,13H2,1-3H3,(H4,24,25,26,27). The van der Waals surface area contributed by atoms with Crippen LogP contribution in [0.5, 0.6) is 0 Å². The Kier molecular flexibility index (Phi) is 4.67. The van der Waals surface area contributed by atoms with Gasteiger partial charge in [-0.05, 0) is 41.2 Å². The van der Waals surface area contributed by atoms with E-state index in [9.17, 15) is 0 Å². The second-order valence-electron chi connectivity index (χ2n) is 7.75. The Hall–Kier alpha value is -3.08. The van der Waals surface area contributed by atoms with Crippen LogP contribution in [0.1, 0.15) is 49.8 Å². The van der Waals surface area contributed by atoms with Gasteiger partial charge in [0, 0.05) is 23.6 Å². The molecule has 0 radical (unpaired) electrons. The van der Waals surface area contributed by atoms with E-state index in [1.807, 2.05) is 0 Å². The minimum Gasteiger partial charge on any atom is -0.383 e. The number of rotatable bonds is 5. The van der Waals surface area contributed by atoms with Crippen molar-refractivity contribution in [2.45, 2.75) is 46.1 Å². The van der Waals surface area contributed by atoms with Gasteiger partial charge < -0.3 is 16.0 Å². The summed E-state index contributed by atoms with van der Waals surface area (Å²) in [4.78, 5) is 8.71. The first-order valence-corrected chi connectivity index (χ1v) is 9.90. The molecule has 4 aromatic rings. The average molecular weight is 374 g/mol. The van der Waals surface area contributed by atoms with E-state index in [1.165, 1.54) is 16.7 Å². The average Bonchev–Trinajstić information content (AvgIpc) is 3.04. The number of hydrogen-bond acceptors (Lipinski definition) is 4. The second kappa shape index (κ2) is 7.15. The van der Waals surface area contributed by atoms with Crippen molar-refractivity contribution >= 4 is 33.6 Å². The number of hydrogen-bond donors (Lipinski definition) is 2. The Bertz CT molecular complexity index is 1140. The number of anilines is 2. The summed E-state index contributed by atoms with van der Waals surface area (Å²) >= 11 is 0. The first-order chi connectivity index (χ1) is 13.5. The third-order valence-electron chi connectivity index (χ3n) is 5.36. The largest absolute Gasteiger partial charge is 0.383 e. The lowest BCUT2D eigenvalue weighted by Gasteiger charge is -2.12. The van der Waals surface area contributed by atoms with Gasteiger partial charge in [-0.1, -0.05) is 51.5 Å². The summed E-state index contributed by atoms with van der Waals surface area (Å²) in [6, 6.07) is 13.2. The fraction of sp³-hybridized carbons (Fsp3) is 0.304. The lowest BCUT2D eigenvalue weighted by atomic mass is 10.0. The SMILES string of the molecule is CCCc1cc2c(ccn2Cc2ccc(C(C)C)cc2)c2c(N)nc(N)nc12. The smallest absolute Gasteiger partial charge is 0.222 e. The molecule has 2 aromatic heterocycles. The normalized spacial score (nSPS) is 11.7. The van der Waals surface area contributed by atoms with Crippen LogP contribution in [0.4, 0.5) is 11.8 Å². The molecule has 0 saturated heterocycles. The number of nitrogen functional groups attached to an aromatic ring is 2. The van der Waals surface area contributed by atoms with Crippen LogP contribution in [0, 0.1) is 0 Å². The van der Waals surface area contributed by atoms with Gasteiger partial charge in [0.25, 0.3) is 0 Å². The molecule has 0 fully saturated rings. The van der Waals surface area contributed by atoms with Crippen molar-refractivity contribution in [2.24, 2.45) is 0 Å². The lowest BCUT2D eigenvalue weighted by Crippen LogP contribution is -2.04. The third-order valence-corrected chi connectivity index (χ3v) is 5.36. The number of fused-ring (bicyclic) bond motifs is 3. The van der Waals surface area contributed by atoms with Gasteiger partial charge in [0.15, 0.2) is 0 Å². The van der Waals surface area contributed by atoms with Gasteiger partial charge in [0.1, 0.15) is 5.82 Å². The summed E-state index contributed by atoms with van der Waals surface area (Å²) in [6.07, 6.45) is 4.07. The zero-order valence-electron chi connectivity index (χ0n) is 16.7. The maximum absolute atomic E-state index is 6.25. The molecular formula is C23H27N5. The molecule has 0 amide bonds. The summed E-state index contributed by atoms with van der Waals surface area (Å²) in [7, 11) is 0. The minimum absolute atomic E-state index is 0.228. The lowest BCUT2D eigenvalue weighted by molar-refractivity contribution is 0.827. The van der Waals surface area contributed by atoms with Crippen molar-refractivity contribution in [1.29, 1.82) is 0 Å². The van der Waals surface area contributed by atoms with Crippen LogP contribution in [-0.2, 0) is 13.0 Å². The minimum atomic E-state index is 0.228. The highest BCUT2D eigenvalue weighted by Gasteiger charge is 2.15. The van der Waals surface area contributed by atoms with Crippen molar-refractivity contribution in [3.63, 3.8) is 0 Å². The van der Waals surface area contributed by atoms with Crippen LogP contribution in [0.2, 0.25) is 0 Å². The summed E-state index contributed by atoms with van der Waals surface area (Å²) in [6.45, 7) is 7.41. The molecule has 5 heteroatoms. The zero-order chi connectivity index (χ0) is 19.8. The van der Waals surface area contributed by atoms with Crippen molar-refractivity contribution in [3.8, 4) is 0 Å². The van der Waals surface area contributed by atoms with Crippen LogP contribution in [0.3, 0.4) is 0 Å². The van der Waals surface area contributed by atoms with E-state index in [0.717, 1.165) is 41.2 Å². The molecule has 0 atom stereocenters. The molecule has 0 aliphatic heterocycles. The molecule has 0 saturated carbocycles. The third kappa shape index (κ3) is 3.17. The monoisotopic (exact) mass is 373 g/mol. The van der Waals surface area contributed by atoms with Gasteiger partial charge in [-0.2, -0.15) is 4.98 Å². The first-order valence-electron chi connectivity index (χ1n) is 9.90. The van der Waals surface area contributed by atoms with Crippen LogP contribution >= 0.6 is 0 Å². The molecule has 0 spiro atoms. The van der Waals surface area contributed by atoms with Gasteiger partial charge in [-0.25, -0.2) is 4.98 Å². The zero-order valence-corrected chi connectivity index (χ0v) is 16.7. The fourth-order valence-electron chi connectivity index (χ4n) is 3.89. The van der Waals surface area contributed by atoms with Crippen molar-refractivity contribution in [3.05, 3.63) is 59.3 Å². The van der Waals surface area contributed by atoms with Gasteiger partial charge in [-0.3, -0.25) is 0 Å². The summed E-state index contributed by atoms with van der Waals surface area (Å²) in [5.74, 6) is 1.22. The van der Waals surface area contributed by atoms with Crippen molar-refractivity contribution < 1.29 is 0 Å². The van der Waals surface area contributed by atoms with Gasteiger partial charge in [0.05, 0.1) is 10.9 Å². The number of benzene rings is 2. The van der Waals surface area contributed by atoms with E-state index in [0.29, 0.717) is 11.7 Å². The van der Waals surface area contributed by atoms with Crippen LogP contribution in [0.15, 0.2) is 42.6 Å². The molecule has 0 aliphatic rings. The van der Waals surface area contributed by atoms with Gasteiger partial charge in [-0.15, -0.1) is 0 Å². The van der Waals surface area contributed by atoms with Gasteiger partial charge >= 0.3 is 0 Å². The van der Waals surface area contributed by atoms with E-state index in [4.69, 9.17) is 11.5 Å². The molecule has 2 aromatic carbocycles.